The van der Waals surface area contributed by atoms with Crippen LogP contribution in [0.2, 0.25) is 0 Å². The van der Waals surface area contributed by atoms with Crippen molar-refractivity contribution in [3.63, 3.8) is 0 Å². The molecule has 0 atom stereocenters. The van der Waals surface area contributed by atoms with Gasteiger partial charge in [0.25, 0.3) is 0 Å². The molecule has 0 saturated carbocycles. The van der Waals surface area contributed by atoms with E-state index in [9.17, 15) is 4.79 Å². The number of carbonyl (C=O) groups excluding carboxylic acids is 1. The summed E-state index contributed by atoms with van der Waals surface area (Å²) in [5.41, 5.74) is 10.5. The van der Waals surface area contributed by atoms with Gasteiger partial charge in [0.05, 0.1) is 5.52 Å². The number of hydrogen-bond acceptors (Lipinski definition) is 5. The molecule has 1 heterocycles. The van der Waals surface area contributed by atoms with Gasteiger partial charge in [-0.15, -0.1) is 0 Å². The third-order valence-electron chi connectivity index (χ3n) is 4.93. The molecule has 0 aliphatic heterocycles. The second-order valence-corrected chi connectivity index (χ2v) is 7.40. The summed E-state index contributed by atoms with van der Waals surface area (Å²) >= 11 is 0. The van der Waals surface area contributed by atoms with Crippen molar-refractivity contribution in [1.82, 2.24) is 9.97 Å². The van der Waals surface area contributed by atoms with Crippen LogP contribution in [0.15, 0.2) is 78.9 Å². The van der Waals surface area contributed by atoms with Gasteiger partial charge in [-0.05, 0) is 54.8 Å². The Bertz CT molecular complexity index is 1250. The molecule has 0 amide bonds. The van der Waals surface area contributed by atoms with Crippen LogP contribution < -0.4 is 11.1 Å². The van der Waals surface area contributed by atoms with Gasteiger partial charge < -0.3 is 11.1 Å². The van der Waals surface area contributed by atoms with Crippen LogP contribution in [-0.4, -0.2) is 22.3 Å². The number of nitrogens with two attached hydrogens (primary N) is 1. The first kappa shape index (κ1) is 20.3. The zero-order chi connectivity index (χ0) is 21.6. The number of nitrogens with zero attached hydrogens (tertiary/aromatic N) is 2. The standard InChI is InChI=1S/C26H24N4O/c1-18(31)10-11-20-8-5-9-21(16-20)25-29-24-17-22(27)12-13-23(24)26(30-25)28-15-14-19-6-3-2-4-7-19/h2-13,16-17H,14-15,27H2,1H3,(H,28,29,30). The van der Waals surface area contributed by atoms with E-state index in [-0.39, 0.29) is 5.78 Å². The van der Waals surface area contributed by atoms with Crippen LogP contribution in [0.5, 0.6) is 0 Å². The number of fused-ring (bicyclic) bond motifs is 1. The monoisotopic (exact) mass is 408 g/mol. The number of hydrogen-bond donors (Lipinski definition) is 2. The number of aromatic nitrogens is 2. The molecule has 0 aliphatic rings. The van der Waals surface area contributed by atoms with Crippen molar-refractivity contribution in [3.05, 3.63) is 90.0 Å². The molecular weight excluding hydrogens is 384 g/mol. The maximum absolute atomic E-state index is 11.3. The van der Waals surface area contributed by atoms with Gasteiger partial charge in [0, 0.05) is 23.2 Å². The second kappa shape index (κ2) is 9.22. The molecule has 3 aromatic carbocycles. The van der Waals surface area contributed by atoms with Gasteiger partial charge >= 0.3 is 0 Å². The van der Waals surface area contributed by atoms with E-state index in [0.29, 0.717) is 11.5 Å². The molecule has 0 aliphatic carbocycles. The quantitative estimate of drug-likeness (QED) is 0.327. The fourth-order valence-electron chi connectivity index (χ4n) is 3.38. The minimum atomic E-state index is 0.00716. The van der Waals surface area contributed by atoms with Gasteiger partial charge in [-0.2, -0.15) is 0 Å². The molecule has 1 aromatic heterocycles. The number of nitrogen functional groups attached to an aromatic ring is 1. The maximum atomic E-state index is 11.3. The number of carbonyl (C=O) groups is 1. The van der Waals surface area contributed by atoms with Crippen LogP contribution in [0.3, 0.4) is 0 Å². The van der Waals surface area contributed by atoms with Crippen LogP contribution in [0.1, 0.15) is 18.1 Å². The Morgan fingerprint density at radius 1 is 1.00 bits per heavy atom. The average Bonchev–Trinajstić information content (AvgIpc) is 2.78. The van der Waals surface area contributed by atoms with Crippen LogP contribution in [0.25, 0.3) is 28.4 Å². The smallest absolute Gasteiger partial charge is 0.162 e. The van der Waals surface area contributed by atoms with Gasteiger partial charge in [-0.3, -0.25) is 4.79 Å². The number of benzene rings is 3. The summed E-state index contributed by atoms with van der Waals surface area (Å²) in [6.45, 7) is 2.28. The van der Waals surface area contributed by atoms with Crippen LogP contribution in [0.4, 0.5) is 11.5 Å². The first-order valence-corrected chi connectivity index (χ1v) is 10.2. The zero-order valence-corrected chi connectivity index (χ0v) is 17.4. The molecule has 0 unspecified atom stereocenters. The van der Waals surface area contributed by atoms with Gasteiger partial charge in [-0.25, -0.2) is 9.97 Å². The van der Waals surface area contributed by atoms with E-state index < -0.39 is 0 Å². The highest BCUT2D eigenvalue weighted by molar-refractivity contribution is 5.93. The minimum Gasteiger partial charge on any atom is -0.399 e. The van der Waals surface area contributed by atoms with Crippen molar-refractivity contribution in [2.24, 2.45) is 0 Å². The van der Waals surface area contributed by atoms with Gasteiger partial charge in [-0.1, -0.05) is 54.6 Å². The molecule has 31 heavy (non-hydrogen) atoms. The Kier molecular flexibility index (Phi) is 6.03. The topological polar surface area (TPSA) is 80.9 Å². The molecule has 0 spiro atoms. The Labute approximate surface area is 181 Å². The number of anilines is 2. The molecule has 0 radical (unpaired) electrons. The Morgan fingerprint density at radius 3 is 2.65 bits per heavy atom. The van der Waals surface area contributed by atoms with E-state index in [0.717, 1.165) is 40.8 Å². The summed E-state index contributed by atoms with van der Waals surface area (Å²) in [5, 5.41) is 4.40. The van der Waals surface area contributed by atoms with Gasteiger partial charge in [0.15, 0.2) is 11.6 Å². The molecule has 0 fully saturated rings. The predicted octanol–water partition coefficient (Wildman–Crippen LogP) is 5.14. The summed E-state index contributed by atoms with van der Waals surface area (Å²) in [6, 6.07) is 23.8. The van der Waals surface area contributed by atoms with E-state index >= 15 is 0 Å². The lowest BCUT2D eigenvalue weighted by molar-refractivity contribution is -0.112. The molecule has 0 bridgehead atoms. The SMILES string of the molecule is CC(=O)C=Cc1cccc(-c2nc(NCCc3ccccc3)c3ccc(N)cc3n2)c1. The van der Waals surface area contributed by atoms with Crippen molar-refractivity contribution in [2.45, 2.75) is 13.3 Å². The highest BCUT2D eigenvalue weighted by Crippen LogP contribution is 2.27. The lowest BCUT2D eigenvalue weighted by Gasteiger charge is -2.12. The second-order valence-electron chi connectivity index (χ2n) is 7.40. The lowest BCUT2D eigenvalue weighted by Crippen LogP contribution is -2.08. The van der Waals surface area contributed by atoms with Crippen molar-refractivity contribution >= 4 is 34.3 Å². The highest BCUT2D eigenvalue weighted by Gasteiger charge is 2.10. The molecule has 5 heteroatoms. The number of ketones is 1. The van der Waals surface area contributed by atoms with Gasteiger partial charge in [0.1, 0.15) is 5.82 Å². The first-order chi connectivity index (χ1) is 15.1. The fourth-order valence-corrected chi connectivity index (χ4v) is 3.38. The first-order valence-electron chi connectivity index (χ1n) is 10.2. The van der Waals surface area contributed by atoms with E-state index in [1.54, 1.807) is 12.2 Å². The maximum Gasteiger partial charge on any atom is 0.162 e. The minimum absolute atomic E-state index is 0.00716. The number of allylic oxidation sites excluding steroid dienone is 1. The molecule has 4 aromatic rings. The third kappa shape index (κ3) is 5.14. The summed E-state index contributed by atoms with van der Waals surface area (Å²) in [7, 11) is 0. The third-order valence-corrected chi connectivity index (χ3v) is 4.93. The van der Waals surface area contributed by atoms with Crippen molar-refractivity contribution < 1.29 is 4.79 Å². The molecule has 3 N–H and O–H groups in total. The Hall–Kier alpha value is -3.99. The van der Waals surface area contributed by atoms with Crippen molar-refractivity contribution in [2.75, 3.05) is 17.6 Å². The molecule has 5 nitrogen and oxygen atoms in total. The van der Waals surface area contributed by atoms with E-state index in [1.165, 1.54) is 12.5 Å². The Morgan fingerprint density at radius 2 is 1.84 bits per heavy atom. The summed E-state index contributed by atoms with van der Waals surface area (Å²) in [6.07, 6.45) is 4.24. The predicted molar refractivity (Wildman–Crippen MR) is 128 cm³/mol. The summed E-state index contributed by atoms with van der Waals surface area (Å²) in [5.74, 6) is 1.40. The highest BCUT2D eigenvalue weighted by atomic mass is 16.1. The Balaban J connectivity index is 1.68. The molecule has 0 saturated heterocycles. The number of rotatable bonds is 7. The molecular formula is C26H24N4O. The largest absolute Gasteiger partial charge is 0.399 e. The summed E-state index contributed by atoms with van der Waals surface area (Å²) < 4.78 is 0. The summed E-state index contributed by atoms with van der Waals surface area (Å²) in [4.78, 5) is 20.8. The van der Waals surface area contributed by atoms with Crippen molar-refractivity contribution in [1.29, 1.82) is 0 Å². The average molecular weight is 409 g/mol. The van der Waals surface area contributed by atoms with Crippen LogP contribution in [0, 0.1) is 0 Å². The van der Waals surface area contributed by atoms with Gasteiger partial charge in [0.2, 0.25) is 0 Å². The number of nitrogens with one attached hydrogen (secondary N) is 1. The van der Waals surface area contributed by atoms with E-state index in [1.807, 2.05) is 60.7 Å². The molecule has 154 valence electrons. The van der Waals surface area contributed by atoms with E-state index in [4.69, 9.17) is 15.7 Å². The zero-order valence-electron chi connectivity index (χ0n) is 17.4. The van der Waals surface area contributed by atoms with Crippen LogP contribution in [-0.2, 0) is 11.2 Å². The van der Waals surface area contributed by atoms with Crippen LogP contribution >= 0.6 is 0 Å². The normalized spacial score (nSPS) is 11.1. The lowest BCUT2D eigenvalue weighted by atomic mass is 10.1. The fraction of sp³-hybridized carbons (Fsp3) is 0.115. The van der Waals surface area contributed by atoms with Crippen molar-refractivity contribution in [3.8, 4) is 11.4 Å². The molecule has 4 rings (SSSR count). The van der Waals surface area contributed by atoms with E-state index in [2.05, 4.69) is 17.4 Å².